The molecule has 0 aliphatic heterocycles. The molecule has 64 valence electrons. The van der Waals surface area contributed by atoms with E-state index in [-0.39, 0.29) is 0 Å². The Morgan fingerprint density at radius 3 is 2.25 bits per heavy atom. The molecule has 2 aliphatic carbocycles. The molecule has 0 spiro atoms. The van der Waals surface area contributed by atoms with Gasteiger partial charge in [0.2, 0.25) is 0 Å². The highest BCUT2D eigenvalue weighted by Gasteiger charge is 2.28. The van der Waals surface area contributed by atoms with E-state index in [9.17, 15) is 0 Å². The average molecular weight is 186 g/mol. The Morgan fingerprint density at radius 2 is 1.83 bits per heavy atom. The van der Waals surface area contributed by atoms with Crippen LogP contribution in [0, 0.1) is 0 Å². The molecular weight excluding hydrogens is 179 g/mol. The van der Waals surface area contributed by atoms with Crippen molar-refractivity contribution in [3.05, 3.63) is 12.1 Å². The molecule has 0 aromatic carbocycles. The molecule has 0 aromatic heterocycles. The normalized spacial score (nSPS) is 11.7. The molecule has 0 fully saturated rings. The number of hydrogen-bond acceptors (Lipinski definition) is 4. The Bertz CT molecular complexity index is 300. The first-order chi connectivity index (χ1) is 5.72. The lowest BCUT2D eigenvalue weighted by Crippen LogP contribution is -1.81. The summed E-state index contributed by atoms with van der Waals surface area (Å²) in [5, 5.41) is 0. The summed E-state index contributed by atoms with van der Waals surface area (Å²) in [7, 11) is -0.707. The van der Waals surface area contributed by atoms with Crippen LogP contribution in [0.1, 0.15) is 0 Å². The summed E-state index contributed by atoms with van der Waals surface area (Å²) in [4.78, 5) is 17.0. The van der Waals surface area contributed by atoms with Crippen molar-refractivity contribution in [2.24, 2.45) is 0 Å². The molecule has 5 heteroatoms. The molecule has 12 heavy (non-hydrogen) atoms. The van der Waals surface area contributed by atoms with Gasteiger partial charge < -0.3 is 19.0 Å². The van der Waals surface area contributed by atoms with Crippen molar-refractivity contribution in [1.82, 2.24) is 0 Å². The SMILES string of the molecule is COc1c2cc(OP(O)O)cc1-2. The first-order valence-corrected chi connectivity index (χ1v) is 4.47. The van der Waals surface area contributed by atoms with Gasteiger partial charge >= 0.3 is 8.60 Å². The predicted octanol–water partition coefficient (Wildman–Crippen LogP) is 1.27. The van der Waals surface area contributed by atoms with Crippen molar-refractivity contribution in [1.29, 1.82) is 0 Å². The molecule has 0 aromatic rings. The predicted molar refractivity (Wildman–Crippen MR) is 44.0 cm³/mol. The average Bonchev–Trinajstić information content (AvgIpc) is 2.45. The van der Waals surface area contributed by atoms with Gasteiger partial charge in [-0.15, -0.1) is 0 Å². The maximum absolute atomic E-state index is 8.52. The summed E-state index contributed by atoms with van der Waals surface area (Å²) in [5.74, 6) is 1.35. The maximum atomic E-state index is 8.52. The highest BCUT2D eigenvalue weighted by Crippen LogP contribution is 2.55. The van der Waals surface area contributed by atoms with Gasteiger partial charge in [-0.05, 0) is 12.1 Å². The van der Waals surface area contributed by atoms with Crippen LogP contribution in [0.5, 0.6) is 11.5 Å². The summed E-state index contributed by atoms with van der Waals surface area (Å²) >= 11 is 0. The zero-order valence-corrected chi connectivity index (χ0v) is 7.21. The maximum Gasteiger partial charge on any atom is 0.391 e. The standard InChI is InChI=1S/C7H7O4P/c1-10-7-5-2-4(3-6(5)7)11-12(8)9/h2-3,8-9H,1H3. The van der Waals surface area contributed by atoms with Gasteiger partial charge in [0.15, 0.2) is 0 Å². The number of ether oxygens (including phenoxy) is 1. The minimum Gasteiger partial charge on any atom is -0.495 e. The lowest BCUT2D eigenvalue weighted by molar-refractivity contribution is 0.375. The van der Waals surface area contributed by atoms with Crippen molar-refractivity contribution in [3.8, 4) is 22.6 Å². The molecular formula is C7H7O4P. The molecule has 0 saturated carbocycles. The van der Waals surface area contributed by atoms with E-state index in [1.807, 2.05) is 0 Å². The second-order valence-electron chi connectivity index (χ2n) is 2.40. The smallest absolute Gasteiger partial charge is 0.391 e. The zero-order chi connectivity index (χ0) is 8.72. The Balaban J connectivity index is 2.11. The van der Waals surface area contributed by atoms with Crippen LogP contribution in [0.3, 0.4) is 0 Å². The second-order valence-corrected chi connectivity index (χ2v) is 3.08. The van der Waals surface area contributed by atoms with Crippen molar-refractivity contribution in [2.45, 2.75) is 0 Å². The molecule has 0 bridgehead atoms. The minimum absolute atomic E-state index is 0.483. The number of methoxy groups -OCH3 is 1. The van der Waals surface area contributed by atoms with E-state index in [0.29, 0.717) is 5.75 Å². The van der Waals surface area contributed by atoms with Crippen molar-refractivity contribution >= 4 is 8.60 Å². The minimum atomic E-state index is -2.30. The fourth-order valence-electron chi connectivity index (χ4n) is 1.18. The largest absolute Gasteiger partial charge is 0.495 e. The van der Waals surface area contributed by atoms with Gasteiger partial charge in [0, 0.05) is 11.1 Å². The molecule has 2 rings (SSSR count). The number of rotatable bonds is 3. The van der Waals surface area contributed by atoms with E-state index in [2.05, 4.69) is 4.52 Å². The van der Waals surface area contributed by atoms with Gasteiger partial charge in [0.05, 0.1) is 7.11 Å². The van der Waals surface area contributed by atoms with Crippen molar-refractivity contribution < 1.29 is 19.0 Å². The van der Waals surface area contributed by atoms with E-state index in [1.54, 1.807) is 19.2 Å². The number of hydrogen-bond donors (Lipinski definition) is 2. The Kier molecular flexibility index (Phi) is 1.68. The van der Waals surface area contributed by atoms with E-state index in [1.165, 1.54) is 0 Å². The van der Waals surface area contributed by atoms with Gasteiger partial charge in [-0.3, -0.25) is 0 Å². The molecule has 0 unspecified atom stereocenters. The summed E-state index contributed by atoms with van der Waals surface area (Å²) < 4.78 is 9.65. The Labute approximate surface area is 70.4 Å². The van der Waals surface area contributed by atoms with Crippen LogP contribution in [-0.4, -0.2) is 16.9 Å². The molecule has 0 radical (unpaired) electrons. The van der Waals surface area contributed by atoms with Gasteiger partial charge in [-0.1, -0.05) is 0 Å². The summed E-state index contributed by atoms with van der Waals surface area (Å²) in [6.07, 6.45) is 0. The van der Waals surface area contributed by atoms with E-state index >= 15 is 0 Å². The lowest BCUT2D eigenvalue weighted by Gasteiger charge is -2.00. The summed E-state index contributed by atoms with van der Waals surface area (Å²) in [5.41, 5.74) is 1.98. The van der Waals surface area contributed by atoms with Gasteiger partial charge in [0.1, 0.15) is 11.5 Å². The molecule has 4 nitrogen and oxygen atoms in total. The third kappa shape index (κ3) is 1.14. The molecule has 0 amide bonds. The van der Waals surface area contributed by atoms with Gasteiger partial charge in [-0.25, -0.2) is 0 Å². The van der Waals surface area contributed by atoms with Crippen LogP contribution in [0.25, 0.3) is 11.1 Å². The highest BCUT2D eigenvalue weighted by molar-refractivity contribution is 7.39. The summed E-state index contributed by atoms with van der Waals surface area (Å²) in [6, 6.07) is 3.44. The molecule has 0 saturated heterocycles. The molecule has 2 aliphatic rings. The zero-order valence-electron chi connectivity index (χ0n) is 6.31. The van der Waals surface area contributed by atoms with Crippen LogP contribution in [0.15, 0.2) is 12.1 Å². The van der Waals surface area contributed by atoms with Crippen molar-refractivity contribution in [2.75, 3.05) is 7.11 Å². The first kappa shape index (κ1) is 7.80. The van der Waals surface area contributed by atoms with Gasteiger partial charge in [0.25, 0.3) is 0 Å². The molecule has 0 heterocycles. The number of fused-ring (bicyclic) bond motifs is 1. The van der Waals surface area contributed by atoms with Crippen LogP contribution >= 0.6 is 8.60 Å². The first-order valence-electron chi connectivity index (χ1n) is 3.30. The lowest BCUT2D eigenvalue weighted by atomic mass is 10.5. The molecule has 2 N–H and O–H groups in total. The fourth-order valence-corrected chi connectivity index (χ4v) is 1.47. The monoisotopic (exact) mass is 186 g/mol. The van der Waals surface area contributed by atoms with E-state index in [0.717, 1.165) is 16.9 Å². The number of benzene rings is 1. The fraction of sp³-hybridized carbons (Fsp3) is 0.143. The third-order valence-corrected chi connectivity index (χ3v) is 2.06. The van der Waals surface area contributed by atoms with Crippen LogP contribution in [-0.2, 0) is 0 Å². The Morgan fingerprint density at radius 1 is 1.25 bits per heavy atom. The van der Waals surface area contributed by atoms with Crippen LogP contribution in [0.4, 0.5) is 0 Å². The van der Waals surface area contributed by atoms with Crippen LogP contribution < -0.4 is 9.26 Å². The van der Waals surface area contributed by atoms with E-state index < -0.39 is 8.60 Å². The quantitative estimate of drug-likeness (QED) is 0.708. The Hall–Kier alpha value is -0.830. The molecule has 0 atom stereocenters. The van der Waals surface area contributed by atoms with Crippen molar-refractivity contribution in [3.63, 3.8) is 0 Å². The summed E-state index contributed by atoms with van der Waals surface area (Å²) in [6.45, 7) is 0. The van der Waals surface area contributed by atoms with Gasteiger partial charge in [-0.2, -0.15) is 0 Å². The topological polar surface area (TPSA) is 58.9 Å². The van der Waals surface area contributed by atoms with Crippen LogP contribution in [0.2, 0.25) is 0 Å². The van der Waals surface area contributed by atoms with E-state index in [4.69, 9.17) is 14.5 Å². The highest BCUT2D eigenvalue weighted by atomic mass is 31.2. The third-order valence-electron chi connectivity index (χ3n) is 1.68. The second kappa shape index (κ2) is 2.59.